The van der Waals surface area contributed by atoms with Gasteiger partial charge in [0.15, 0.2) is 11.6 Å². The van der Waals surface area contributed by atoms with Crippen LogP contribution in [0.3, 0.4) is 0 Å². The molecule has 20 heavy (non-hydrogen) atoms. The molecular formula is C16H24FNO2. The predicted octanol–water partition coefficient (Wildman–Crippen LogP) is 3.02. The molecule has 0 amide bonds. The van der Waals surface area contributed by atoms with E-state index in [0.29, 0.717) is 18.0 Å². The van der Waals surface area contributed by atoms with E-state index in [2.05, 4.69) is 6.92 Å². The van der Waals surface area contributed by atoms with Crippen molar-refractivity contribution in [2.24, 2.45) is 17.1 Å². The van der Waals surface area contributed by atoms with Crippen LogP contribution in [0, 0.1) is 17.2 Å². The van der Waals surface area contributed by atoms with Gasteiger partial charge in [-0.05, 0) is 36.5 Å². The van der Waals surface area contributed by atoms with Gasteiger partial charge in [0.05, 0.1) is 13.2 Å². The number of nitrogens with two attached hydrogens (primary N) is 1. The molecule has 1 unspecified atom stereocenters. The molecule has 1 atom stereocenters. The molecule has 0 spiro atoms. The van der Waals surface area contributed by atoms with Crippen molar-refractivity contribution in [3.8, 4) is 5.75 Å². The van der Waals surface area contributed by atoms with E-state index in [0.717, 1.165) is 25.7 Å². The van der Waals surface area contributed by atoms with Crippen LogP contribution in [-0.4, -0.2) is 18.8 Å². The highest BCUT2D eigenvalue weighted by Gasteiger charge is 2.40. The lowest BCUT2D eigenvalue weighted by Gasteiger charge is -2.42. The molecule has 112 valence electrons. The molecule has 1 saturated carbocycles. The van der Waals surface area contributed by atoms with Gasteiger partial charge in [-0.1, -0.05) is 25.8 Å². The Balaban J connectivity index is 2.24. The van der Waals surface area contributed by atoms with Crippen molar-refractivity contribution >= 4 is 0 Å². The number of aliphatic hydroxyl groups excluding tert-OH is 1. The molecule has 3 nitrogen and oxygen atoms in total. The van der Waals surface area contributed by atoms with Crippen LogP contribution in [0.5, 0.6) is 5.75 Å². The lowest BCUT2D eigenvalue weighted by molar-refractivity contribution is -0.00838. The Morgan fingerprint density at radius 1 is 1.45 bits per heavy atom. The largest absolute Gasteiger partial charge is 0.494 e. The van der Waals surface area contributed by atoms with Crippen LogP contribution in [0.2, 0.25) is 0 Å². The highest BCUT2D eigenvalue weighted by molar-refractivity contribution is 5.31. The Hall–Kier alpha value is -1.13. The highest BCUT2D eigenvalue weighted by atomic mass is 19.1. The van der Waals surface area contributed by atoms with Gasteiger partial charge in [0.25, 0.3) is 0 Å². The van der Waals surface area contributed by atoms with E-state index in [-0.39, 0.29) is 11.2 Å². The molecule has 1 aliphatic rings. The van der Waals surface area contributed by atoms with Gasteiger partial charge in [-0.15, -0.1) is 0 Å². The molecule has 0 saturated heterocycles. The lowest BCUT2D eigenvalue weighted by Crippen LogP contribution is -2.40. The van der Waals surface area contributed by atoms with E-state index in [9.17, 15) is 9.50 Å². The van der Waals surface area contributed by atoms with Crippen molar-refractivity contribution < 1.29 is 14.2 Å². The predicted molar refractivity (Wildman–Crippen MR) is 77.0 cm³/mol. The molecule has 4 heteroatoms. The van der Waals surface area contributed by atoms with Crippen molar-refractivity contribution in [1.82, 2.24) is 0 Å². The molecule has 1 aromatic carbocycles. The quantitative estimate of drug-likeness (QED) is 0.892. The van der Waals surface area contributed by atoms with Gasteiger partial charge in [-0.25, -0.2) is 4.39 Å². The molecular weight excluding hydrogens is 257 g/mol. The second kappa shape index (κ2) is 6.10. The summed E-state index contributed by atoms with van der Waals surface area (Å²) in [6.45, 7) is 2.65. The summed E-state index contributed by atoms with van der Waals surface area (Å²) in [6, 6.07) is 4.64. The van der Waals surface area contributed by atoms with Gasteiger partial charge in [0, 0.05) is 12.0 Å². The van der Waals surface area contributed by atoms with Crippen LogP contribution in [-0.2, 0) is 0 Å². The smallest absolute Gasteiger partial charge is 0.165 e. The fourth-order valence-electron chi connectivity index (χ4n) is 3.13. The van der Waals surface area contributed by atoms with Crippen molar-refractivity contribution in [3.63, 3.8) is 0 Å². The highest BCUT2D eigenvalue weighted by Crippen LogP contribution is 2.47. The number of rotatable bonds is 4. The fraction of sp³-hybridized carbons (Fsp3) is 0.625. The summed E-state index contributed by atoms with van der Waals surface area (Å²) in [4.78, 5) is 0. The van der Waals surface area contributed by atoms with Gasteiger partial charge in [-0.2, -0.15) is 0 Å². The number of halogens is 1. The third-order valence-electron chi connectivity index (χ3n) is 4.75. The van der Waals surface area contributed by atoms with Crippen LogP contribution >= 0.6 is 0 Å². The number of methoxy groups -OCH3 is 1. The zero-order valence-corrected chi connectivity index (χ0v) is 12.2. The molecule has 0 bridgehead atoms. The SMILES string of the molecule is COc1ccc(C(O)C2(CN)CCC(C)CC2)cc1F. The third kappa shape index (κ3) is 2.81. The first-order chi connectivity index (χ1) is 9.52. The van der Waals surface area contributed by atoms with Crippen LogP contribution < -0.4 is 10.5 Å². The van der Waals surface area contributed by atoms with E-state index in [1.54, 1.807) is 12.1 Å². The second-order valence-electron chi connectivity index (χ2n) is 6.05. The van der Waals surface area contributed by atoms with Gasteiger partial charge in [0.1, 0.15) is 0 Å². The molecule has 1 fully saturated rings. The summed E-state index contributed by atoms with van der Waals surface area (Å²) in [5.41, 5.74) is 6.20. The van der Waals surface area contributed by atoms with Gasteiger partial charge < -0.3 is 15.6 Å². The van der Waals surface area contributed by atoms with Gasteiger partial charge in [0.2, 0.25) is 0 Å². The van der Waals surface area contributed by atoms with Crippen LogP contribution in [0.4, 0.5) is 4.39 Å². The van der Waals surface area contributed by atoms with Crippen LogP contribution in [0.1, 0.15) is 44.3 Å². The van der Waals surface area contributed by atoms with Crippen LogP contribution in [0.15, 0.2) is 18.2 Å². The summed E-state index contributed by atoms with van der Waals surface area (Å²) < 4.78 is 18.7. The maximum atomic E-state index is 13.8. The summed E-state index contributed by atoms with van der Waals surface area (Å²) in [6.07, 6.45) is 3.18. The van der Waals surface area contributed by atoms with Gasteiger partial charge in [-0.3, -0.25) is 0 Å². The number of benzene rings is 1. The molecule has 2 rings (SSSR count). The Morgan fingerprint density at radius 2 is 2.10 bits per heavy atom. The van der Waals surface area contributed by atoms with E-state index in [1.807, 2.05) is 0 Å². The topological polar surface area (TPSA) is 55.5 Å². The summed E-state index contributed by atoms with van der Waals surface area (Å²) in [5, 5.41) is 10.7. The normalized spacial score (nSPS) is 28.1. The Bertz CT molecular complexity index is 456. The maximum absolute atomic E-state index is 13.8. The monoisotopic (exact) mass is 281 g/mol. The van der Waals surface area contributed by atoms with E-state index in [1.165, 1.54) is 13.2 Å². The Labute approximate surface area is 119 Å². The number of hydrogen-bond donors (Lipinski definition) is 2. The van der Waals surface area contributed by atoms with Crippen LogP contribution in [0.25, 0.3) is 0 Å². The van der Waals surface area contributed by atoms with Gasteiger partial charge >= 0.3 is 0 Å². The second-order valence-corrected chi connectivity index (χ2v) is 6.05. The Kier molecular flexibility index (Phi) is 4.66. The maximum Gasteiger partial charge on any atom is 0.165 e. The number of ether oxygens (including phenoxy) is 1. The molecule has 1 aliphatic carbocycles. The number of hydrogen-bond acceptors (Lipinski definition) is 3. The average Bonchev–Trinajstić information content (AvgIpc) is 2.47. The average molecular weight is 281 g/mol. The van der Waals surface area contributed by atoms with E-state index in [4.69, 9.17) is 10.5 Å². The van der Waals surface area contributed by atoms with Crippen molar-refractivity contribution in [1.29, 1.82) is 0 Å². The molecule has 0 heterocycles. The van der Waals surface area contributed by atoms with Crippen molar-refractivity contribution in [3.05, 3.63) is 29.6 Å². The first-order valence-corrected chi connectivity index (χ1v) is 7.24. The van der Waals surface area contributed by atoms with Crippen molar-refractivity contribution in [2.75, 3.05) is 13.7 Å². The standard InChI is InChI=1S/C16H24FNO2/c1-11-5-7-16(10-18,8-6-11)15(19)12-3-4-14(20-2)13(17)9-12/h3-4,9,11,15,19H,5-8,10,18H2,1-2H3. The minimum absolute atomic E-state index is 0.194. The molecule has 3 N–H and O–H groups in total. The minimum Gasteiger partial charge on any atom is -0.494 e. The lowest BCUT2D eigenvalue weighted by atomic mass is 9.66. The molecule has 0 radical (unpaired) electrons. The third-order valence-corrected chi connectivity index (χ3v) is 4.75. The minimum atomic E-state index is -0.722. The van der Waals surface area contributed by atoms with E-state index >= 15 is 0 Å². The summed E-state index contributed by atoms with van der Waals surface area (Å²) in [7, 11) is 1.43. The summed E-state index contributed by atoms with van der Waals surface area (Å²) >= 11 is 0. The van der Waals surface area contributed by atoms with Crippen molar-refractivity contribution in [2.45, 2.75) is 38.7 Å². The number of aliphatic hydroxyl groups is 1. The van der Waals surface area contributed by atoms with E-state index < -0.39 is 11.9 Å². The molecule has 0 aliphatic heterocycles. The first-order valence-electron chi connectivity index (χ1n) is 7.24. The first kappa shape index (κ1) is 15.3. The summed E-state index contributed by atoms with van der Waals surface area (Å²) in [5.74, 6) is 0.426. The Morgan fingerprint density at radius 3 is 2.60 bits per heavy atom. The zero-order chi connectivity index (χ0) is 14.8. The molecule has 1 aromatic rings. The molecule has 0 aromatic heterocycles. The zero-order valence-electron chi connectivity index (χ0n) is 12.2. The fourth-order valence-corrected chi connectivity index (χ4v) is 3.13.